The molecule has 112 valence electrons. The predicted molar refractivity (Wildman–Crippen MR) is 84.7 cm³/mol. The van der Waals surface area contributed by atoms with Crippen molar-refractivity contribution in [3.63, 3.8) is 0 Å². The summed E-state index contributed by atoms with van der Waals surface area (Å²) in [5, 5.41) is 3.91. The van der Waals surface area contributed by atoms with E-state index in [1.54, 1.807) is 25.3 Å². The van der Waals surface area contributed by atoms with Gasteiger partial charge >= 0.3 is 0 Å². The molecule has 0 fully saturated rings. The lowest BCUT2D eigenvalue weighted by molar-refractivity contribution is 0.403. The van der Waals surface area contributed by atoms with E-state index < -0.39 is 0 Å². The van der Waals surface area contributed by atoms with E-state index in [0.717, 1.165) is 11.1 Å². The van der Waals surface area contributed by atoms with Gasteiger partial charge in [-0.1, -0.05) is 36.2 Å². The van der Waals surface area contributed by atoms with Gasteiger partial charge in [-0.15, -0.1) is 0 Å². The minimum absolute atomic E-state index is 0.242. The van der Waals surface area contributed by atoms with Crippen LogP contribution in [0.5, 0.6) is 5.75 Å². The maximum absolute atomic E-state index is 14.3. The Labute approximate surface area is 129 Å². The fraction of sp³-hybridized carbons (Fsp3) is 0.294. The van der Waals surface area contributed by atoms with Crippen LogP contribution in [0.4, 0.5) is 4.39 Å². The molecule has 0 aliphatic rings. The molecule has 0 aliphatic heterocycles. The molecule has 1 atom stereocenters. The molecule has 0 aliphatic carbocycles. The van der Waals surface area contributed by atoms with Crippen LogP contribution in [0.2, 0.25) is 5.02 Å². The normalized spacial score (nSPS) is 12.2. The van der Waals surface area contributed by atoms with E-state index in [1.807, 2.05) is 26.0 Å². The van der Waals surface area contributed by atoms with Gasteiger partial charge in [0, 0.05) is 16.1 Å². The summed E-state index contributed by atoms with van der Waals surface area (Å²) in [4.78, 5) is 0. The quantitative estimate of drug-likeness (QED) is 0.878. The smallest absolute Gasteiger partial charge is 0.128 e. The van der Waals surface area contributed by atoms with Gasteiger partial charge < -0.3 is 10.1 Å². The van der Waals surface area contributed by atoms with E-state index in [-0.39, 0.29) is 11.9 Å². The van der Waals surface area contributed by atoms with Crippen molar-refractivity contribution < 1.29 is 9.13 Å². The van der Waals surface area contributed by atoms with Gasteiger partial charge in [-0.05, 0) is 37.7 Å². The van der Waals surface area contributed by atoms with Crippen molar-refractivity contribution in [3.8, 4) is 5.75 Å². The first kappa shape index (κ1) is 15.8. The zero-order valence-corrected chi connectivity index (χ0v) is 13.2. The molecule has 1 N–H and O–H groups in total. The molecule has 0 saturated heterocycles. The highest BCUT2D eigenvalue weighted by Crippen LogP contribution is 2.33. The minimum Gasteiger partial charge on any atom is -0.496 e. The number of rotatable bonds is 5. The summed E-state index contributed by atoms with van der Waals surface area (Å²) < 4.78 is 19.6. The van der Waals surface area contributed by atoms with Gasteiger partial charge in [0.2, 0.25) is 0 Å². The van der Waals surface area contributed by atoms with Crippen LogP contribution < -0.4 is 10.1 Å². The Bertz CT molecular complexity index is 630. The van der Waals surface area contributed by atoms with Gasteiger partial charge in [0.05, 0.1) is 13.2 Å². The van der Waals surface area contributed by atoms with E-state index >= 15 is 0 Å². The largest absolute Gasteiger partial charge is 0.496 e. The Morgan fingerprint density at radius 3 is 2.62 bits per heavy atom. The number of aryl methyl sites for hydroxylation is 1. The van der Waals surface area contributed by atoms with Gasteiger partial charge in [0.15, 0.2) is 0 Å². The first-order valence-electron chi connectivity index (χ1n) is 6.89. The molecular formula is C17H19ClFNO. The number of methoxy groups -OCH3 is 1. The third-order valence-electron chi connectivity index (χ3n) is 3.37. The van der Waals surface area contributed by atoms with Crippen molar-refractivity contribution in [2.75, 3.05) is 13.7 Å². The standard InChI is InChI=1S/C17H19ClFNO/c1-4-20-17(13-9-11(2)5-7-15(13)19)14-10-12(18)6-8-16(14)21-3/h5-10,17,20H,4H2,1-3H3. The Balaban J connectivity index is 2.58. The second kappa shape index (κ2) is 6.92. The summed E-state index contributed by atoms with van der Waals surface area (Å²) in [6.07, 6.45) is 0. The number of hydrogen-bond donors (Lipinski definition) is 1. The van der Waals surface area contributed by atoms with Crippen LogP contribution in [-0.4, -0.2) is 13.7 Å². The van der Waals surface area contributed by atoms with Gasteiger partial charge in [-0.25, -0.2) is 4.39 Å². The van der Waals surface area contributed by atoms with E-state index in [2.05, 4.69) is 5.32 Å². The van der Waals surface area contributed by atoms with E-state index in [4.69, 9.17) is 16.3 Å². The fourth-order valence-corrected chi connectivity index (χ4v) is 2.59. The highest BCUT2D eigenvalue weighted by Gasteiger charge is 2.21. The number of hydrogen-bond acceptors (Lipinski definition) is 2. The molecule has 0 heterocycles. The molecule has 0 saturated carbocycles. The molecule has 0 aromatic heterocycles. The van der Waals surface area contributed by atoms with Crippen molar-refractivity contribution in [3.05, 3.63) is 63.9 Å². The molecule has 2 nitrogen and oxygen atoms in total. The SMILES string of the molecule is CCNC(c1cc(C)ccc1F)c1cc(Cl)ccc1OC. The summed E-state index contributed by atoms with van der Waals surface area (Å²) in [7, 11) is 1.60. The van der Waals surface area contributed by atoms with Crippen molar-refractivity contribution in [1.29, 1.82) is 0 Å². The van der Waals surface area contributed by atoms with Gasteiger partial charge in [-0.3, -0.25) is 0 Å². The third kappa shape index (κ3) is 3.55. The van der Waals surface area contributed by atoms with E-state index in [0.29, 0.717) is 22.9 Å². The third-order valence-corrected chi connectivity index (χ3v) is 3.61. The van der Waals surface area contributed by atoms with Crippen LogP contribution in [0, 0.1) is 12.7 Å². The number of ether oxygens (including phenoxy) is 1. The molecule has 4 heteroatoms. The van der Waals surface area contributed by atoms with Crippen LogP contribution >= 0.6 is 11.6 Å². The molecule has 0 bridgehead atoms. The van der Waals surface area contributed by atoms with Crippen molar-refractivity contribution in [1.82, 2.24) is 5.32 Å². The molecular weight excluding hydrogens is 289 g/mol. The topological polar surface area (TPSA) is 21.3 Å². The molecule has 0 radical (unpaired) electrons. The first-order valence-corrected chi connectivity index (χ1v) is 7.27. The Hall–Kier alpha value is -1.58. The van der Waals surface area contributed by atoms with Gasteiger partial charge in [0.25, 0.3) is 0 Å². The van der Waals surface area contributed by atoms with Crippen LogP contribution in [0.3, 0.4) is 0 Å². The predicted octanol–water partition coefficient (Wildman–Crippen LogP) is 4.50. The Kier molecular flexibility index (Phi) is 5.21. The fourth-order valence-electron chi connectivity index (χ4n) is 2.41. The molecule has 2 aromatic carbocycles. The zero-order valence-electron chi connectivity index (χ0n) is 12.4. The summed E-state index contributed by atoms with van der Waals surface area (Å²) in [6, 6.07) is 10.2. The lowest BCUT2D eigenvalue weighted by Crippen LogP contribution is -2.23. The Morgan fingerprint density at radius 2 is 1.95 bits per heavy atom. The average molecular weight is 308 g/mol. The van der Waals surface area contributed by atoms with Crippen molar-refractivity contribution >= 4 is 11.6 Å². The van der Waals surface area contributed by atoms with Crippen LogP contribution in [0.1, 0.15) is 29.7 Å². The molecule has 21 heavy (non-hydrogen) atoms. The van der Waals surface area contributed by atoms with Gasteiger partial charge in [0.1, 0.15) is 11.6 Å². The summed E-state index contributed by atoms with van der Waals surface area (Å²) in [5.41, 5.74) is 2.43. The van der Waals surface area contributed by atoms with Gasteiger partial charge in [-0.2, -0.15) is 0 Å². The average Bonchev–Trinajstić information content (AvgIpc) is 2.47. The number of halogens is 2. The first-order chi connectivity index (χ1) is 10.1. The number of nitrogens with one attached hydrogen (secondary N) is 1. The monoisotopic (exact) mass is 307 g/mol. The number of benzene rings is 2. The molecule has 0 spiro atoms. The summed E-state index contributed by atoms with van der Waals surface area (Å²) in [5.74, 6) is 0.444. The minimum atomic E-state index is -0.302. The van der Waals surface area contributed by atoms with Crippen LogP contribution in [0.15, 0.2) is 36.4 Å². The Morgan fingerprint density at radius 1 is 1.19 bits per heavy atom. The molecule has 2 rings (SSSR count). The molecule has 2 aromatic rings. The molecule has 0 amide bonds. The maximum atomic E-state index is 14.3. The van der Waals surface area contributed by atoms with E-state index in [9.17, 15) is 4.39 Å². The second-order valence-electron chi connectivity index (χ2n) is 4.90. The zero-order chi connectivity index (χ0) is 15.4. The van der Waals surface area contributed by atoms with Crippen molar-refractivity contribution in [2.24, 2.45) is 0 Å². The summed E-state index contributed by atoms with van der Waals surface area (Å²) in [6.45, 7) is 4.63. The lowest BCUT2D eigenvalue weighted by atomic mass is 9.96. The highest BCUT2D eigenvalue weighted by atomic mass is 35.5. The lowest BCUT2D eigenvalue weighted by Gasteiger charge is -2.22. The second-order valence-corrected chi connectivity index (χ2v) is 5.34. The van der Waals surface area contributed by atoms with Crippen LogP contribution in [-0.2, 0) is 0 Å². The highest BCUT2D eigenvalue weighted by molar-refractivity contribution is 6.30. The van der Waals surface area contributed by atoms with E-state index in [1.165, 1.54) is 6.07 Å². The molecule has 1 unspecified atom stereocenters. The maximum Gasteiger partial charge on any atom is 0.128 e. The summed E-state index contributed by atoms with van der Waals surface area (Å²) >= 11 is 6.10. The van der Waals surface area contributed by atoms with Crippen molar-refractivity contribution in [2.45, 2.75) is 19.9 Å². The van der Waals surface area contributed by atoms with Crippen LogP contribution in [0.25, 0.3) is 0 Å².